The molecule has 1 aliphatic rings. The van der Waals surface area contributed by atoms with E-state index in [1.54, 1.807) is 24.2 Å². The summed E-state index contributed by atoms with van der Waals surface area (Å²) in [6.07, 6.45) is 5.64. The fourth-order valence-corrected chi connectivity index (χ4v) is 3.57. The molecular formula is C20H22N6O3S. The Morgan fingerprint density at radius 2 is 2.03 bits per heavy atom. The molecule has 0 atom stereocenters. The Kier molecular flexibility index (Phi) is 6.43. The van der Waals surface area contributed by atoms with Gasteiger partial charge < -0.3 is 14.8 Å². The Morgan fingerprint density at radius 1 is 1.20 bits per heavy atom. The molecule has 0 radical (unpaired) electrons. The SMILES string of the molecule is COc1cc(CNC(=O)CSc2nnnn2C2CC2)ccc1OCc1ccncc1. The van der Waals surface area contributed by atoms with E-state index in [4.69, 9.17) is 9.47 Å². The Labute approximate surface area is 178 Å². The molecule has 4 rings (SSSR count). The average molecular weight is 427 g/mol. The van der Waals surface area contributed by atoms with Gasteiger partial charge in [0.2, 0.25) is 11.1 Å². The van der Waals surface area contributed by atoms with Gasteiger partial charge >= 0.3 is 0 Å². The number of hydrogen-bond acceptors (Lipinski definition) is 8. The third kappa shape index (κ3) is 5.26. The molecular weight excluding hydrogens is 404 g/mol. The molecule has 0 aliphatic heterocycles. The lowest BCUT2D eigenvalue weighted by Crippen LogP contribution is -2.24. The Bertz CT molecular complexity index is 993. The smallest absolute Gasteiger partial charge is 0.230 e. The number of tetrazole rings is 1. The number of carbonyl (C=O) groups is 1. The second kappa shape index (κ2) is 9.57. The number of amides is 1. The third-order valence-electron chi connectivity index (χ3n) is 4.55. The summed E-state index contributed by atoms with van der Waals surface area (Å²) in [4.78, 5) is 16.2. The molecule has 0 unspecified atom stereocenters. The van der Waals surface area contributed by atoms with Crippen LogP contribution in [0.2, 0.25) is 0 Å². The molecule has 156 valence electrons. The molecule has 2 aromatic heterocycles. The molecule has 1 amide bonds. The number of pyridine rings is 1. The maximum atomic E-state index is 12.2. The van der Waals surface area contributed by atoms with Crippen LogP contribution in [-0.2, 0) is 17.9 Å². The van der Waals surface area contributed by atoms with E-state index < -0.39 is 0 Å². The van der Waals surface area contributed by atoms with E-state index in [2.05, 4.69) is 25.8 Å². The zero-order valence-corrected chi connectivity index (χ0v) is 17.3. The minimum Gasteiger partial charge on any atom is -0.493 e. The van der Waals surface area contributed by atoms with Gasteiger partial charge in [-0.15, -0.1) is 5.10 Å². The number of nitrogens with zero attached hydrogens (tertiary/aromatic N) is 5. The largest absolute Gasteiger partial charge is 0.493 e. The predicted molar refractivity (Wildman–Crippen MR) is 110 cm³/mol. The molecule has 0 spiro atoms. The minimum absolute atomic E-state index is 0.0812. The highest BCUT2D eigenvalue weighted by atomic mass is 32.2. The van der Waals surface area contributed by atoms with Crippen LogP contribution in [-0.4, -0.2) is 44.0 Å². The summed E-state index contributed by atoms with van der Waals surface area (Å²) in [6, 6.07) is 9.81. The van der Waals surface area contributed by atoms with Crippen molar-refractivity contribution in [2.45, 2.75) is 37.2 Å². The summed E-state index contributed by atoms with van der Waals surface area (Å²) in [5.74, 6) is 1.44. The van der Waals surface area contributed by atoms with Crippen molar-refractivity contribution in [1.29, 1.82) is 0 Å². The van der Waals surface area contributed by atoms with Gasteiger partial charge in [0.25, 0.3) is 0 Å². The van der Waals surface area contributed by atoms with Gasteiger partial charge in [0.05, 0.1) is 18.9 Å². The number of nitrogens with one attached hydrogen (secondary N) is 1. The number of carbonyl (C=O) groups excluding carboxylic acids is 1. The van der Waals surface area contributed by atoms with E-state index in [9.17, 15) is 4.79 Å². The lowest BCUT2D eigenvalue weighted by molar-refractivity contribution is -0.118. The third-order valence-corrected chi connectivity index (χ3v) is 5.48. The van der Waals surface area contributed by atoms with Gasteiger partial charge in [-0.25, -0.2) is 4.68 Å². The first-order valence-electron chi connectivity index (χ1n) is 9.59. The predicted octanol–water partition coefficient (Wildman–Crippen LogP) is 2.40. The van der Waals surface area contributed by atoms with Crippen LogP contribution < -0.4 is 14.8 Å². The van der Waals surface area contributed by atoms with E-state index in [1.165, 1.54) is 11.8 Å². The molecule has 9 nitrogen and oxygen atoms in total. The van der Waals surface area contributed by atoms with E-state index >= 15 is 0 Å². The van der Waals surface area contributed by atoms with Crippen LogP contribution in [0.1, 0.15) is 30.0 Å². The lowest BCUT2D eigenvalue weighted by Gasteiger charge is -2.13. The monoisotopic (exact) mass is 426 g/mol. The number of thioether (sulfide) groups is 1. The van der Waals surface area contributed by atoms with Crippen molar-refractivity contribution in [1.82, 2.24) is 30.5 Å². The molecule has 1 aromatic carbocycles. The Morgan fingerprint density at radius 3 is 2.80 bits per heavy atom. The molecule has 1 aliphatic carbocycles. The van der Waals surface area contributed by atoms with Crippen LogP contribution in [0.5, 0.6) is 11.5 Å². The maximum Gasteiger partial charge on any atom is 0.230 e. The number of aromatic nitrogens is 5. The zero-order chi connectivity index (χ0) is 20.8. The molecule has 3 aromatic rings. The highest BCUT2D eigenvalue weighted by molar-refractivity contribution is 7.99. The number of rotatable bonds is 10. The fraction of sp³-hybridized carbons (Fsp3) is 0.350. The molecule has 0 bridgehead atoms. The van der Waals surface area contributed by atoms with Gasteiger partial charge in [-0.2, -0.15) is 0 Å². The van der Waals surface area contributed by atoms with E-state index in [1.807, 2.05) is 30.3 Å². The molecule has 1 fully saturated rings. The molecule has 1 saturated carbocycles. The van der Waals surface area contributed by atoms with Crippen molar-refractivity contribution in [2.24, 2.45) is 0 Å². The van der Waals surface area contributed by atoms with Gasteiger partial charge in [0, 0.05) is 18.9 Å². The van der Waals surface area contributed by atoms with Crippen LogP contribution in [0, 0.1) is 0 Å². The van der Waals surface area contributed by atoms with Crippen molar-refractivity contribution in [3.05, 3.63) is 53.9 Å². The molecule has 30 heavy (non-hydrogen) atoms. The first-order chi connectivity index (χ1) is 14.7. The van der Waals surface area contributed by atoms with Gasteiger partial charge in [-0.05, 0) is 58.7 Å². The fourth-order valence-electron chi connectivity index (χ4n) is 2.79. The van der Waals surface area contributed by atoms with Crippen molar-refractivity contribution >= 4 is 17.7 Å². The normalized spacial score (nSPS) is 13.1. The van der Waals surface area contributed by atoms with E-state index in [0.29, 0.717) is 35.8 Å². The van der Waals surface area contributed by atoms with Crippen molar-refractivity contribution in [3.8, 4) is 11.5 Å². The van der Waals surface area contributed by atoms with Crippen LogP contribution >= 0.6 is 11.8 Å². The molecule has 1 N–H and O–H groups in total. The highest BCUT2D eigenvalue weighted by Crippen LogP contribution is 2.36. The summed E-state index contributed by atoms with van der Waals surface area (Å²) in [7, 11) is 1.59. The quantitative estimate of drug-likeness (QED) is 0.493. The Balaban J connectivity index is 1.27. The van der Waals surface area contributed by atoms with Crippen molar-refractivity contribution in [2.75, 3.05) is 12.9 Å². The minimum atomic E-state index is -0.0812. The van der Waals surface area contributed by atoms with E-state index in [-0.39, 0.29) is 11.7 Å². The number of hydrogen-bond donors (Lipinski definition) is 1. The molecule has 0 saturated heterocycles. The van der Waals surface area contributed by atoms with Gasteiger partial charge in [0.15, 0.2) is 11.5 Å². The maximum absolute atomic E-state index is 12.2. The molecule has 10 heteroatoms. The van der Waals surface area contributed by atoms with Gasteiger partial charge in [0.1, 0.15) is 6.61 Å². The van der Waals surface area contributed by atoms with Crippen LogP contribution in [0.3, 0.4) is 0 Å². The summed E-state index contributed by atoms with van der Waals surface area (Å²) >= 11 is 1.35. The highest BCUT2D eigenvalue weighted by Gasteiger charge is 2.28. The van der Waals surface area contributed by atoms with Crippen LogP contribution in [0.25, 0.3) is 0 Å². The number of ether oxygens (including phenoxy) is 2. The first-order valence-corrected chi connectivity index (χ1v) is 10.6. The van der Waals surface area contributed by atoms with Crippen LogP contribution in [0.15, 0.2) is 47.9 Å². The second-order valence-electron chi connectivity index (χ2n) is 6.83. The molecule has 2 heterocycles. The lowest BCUT2D eigenvalue weighted by atomic mass is 10.2. The summed E-state index contributed by atoms with van der Waals surface area (Å²) in [6.45, 7) is 0.820. The standard InChI is InChI=1S/C20H22N6O3S/c1-28-18-10-15(2-5-17(18)29-12-14-6-8-21-9-7-14)11-22-19(27)13-30-20-23-24-25-26(20)16-3-4-16/h2,5-10,16H,3-4,11-13H2,1H3,(H,22,27). The van der Waals surface area contributed by atoms with Gasteiger partial charge in [-0.1, -0.05) is 17.8 Å². The van der Waals surface area contributed by atoms with Crippen molar-refractivity contribution < 1.29 is 14.3 Å². The number of methoxy groups -OCH3 is 1. The zero-order valence-electron chi connectivity index (χ0n) is 16.5. The Hall–Kier alpha value is -3.14. The second-order valence-corrected chi connectivity index (χ2v) is 7.77. The topological polar surface area (TPSA) is 104 Å². The summed E-state index contributed by atoms with van der Waals surface area (Å²) in [5.41, 5.74) is 1.94. The first kappa shape index (κ1) is 20.1. The van der Waals surface area contributed by atoms with Crippen molar-refractivity contribution in [3.63, 3.8) is 0 Å². The summed E-state index contributed by atoms with van der Waals surface area (Å²) < 4.78 is 13.1. The number of benzene rings is 1. The van der Waals surface area contributed by atoms with Crippen LogP contribution in [0.4, 0.5) is 0 Å². The summed E-state index contributed by atoms with van der Waals surface area (Å²) in [5, 5.41) is 15.3. The van der Waals surface area contributed by atoms with Gasteiger partial charge in [-0.3, -0.25) is 9.78 Å². The van der Waals surface area contributed by atoms with E-state index in [0.717, 1.165) is 24.0 Å². The average Bonchev–Trinajstić information content (AvgIpc) is 3.53.